The summed E-state index contributed by atoms with van der Waals surface area (Å²) in [5, 5.41) is 9.81. The van der Waals surface area contributed by atoms with Gasteiger partial charge >= 0.3 is 6.18 Å². The van der Waals surface area contributed by atoms with Crippen molar-refractivity contribution in [2.75, 3.05) is 5.32 Å². The lowest BCUT2D eigenvalue weighted by Gasteiger charge is -2.33. The fraction of sp³-hybridized carbons (Fsp3) is 0.444. The van der Waals surface area contributed by atoms with Gasteiger partial charge in [0.15, 0.2) is 11.7 Å². The molecule has 0 saturated heterocycles. The number of amides is 1. The zero-order chi connectivity index (χ0) is 20.0. The number of hydrogen-bond acceptors (Lipinski definition) is 3. The summed E-state index contributed by atoms with van der Waals surface area (Å²) < 4.78 is 42.2. The van der Waals surface area contributed by atoms with Gasteiger partial charge in [0.1, 0.15) is 5.82 Å². The van der Waals surface area contributed by atoms with Gasteiger partial charge in [-0.15, -0.1) is 0 Å². The lowest BCUT2D eigenvalue weighted by atomic mass is 9.97. The summed E-state index contributed by atoms with van der Waals surface area (Å²) in [5.41, 5.74) is 0.131. The normalized spacial score (nSPS) is 20.0. The highest BCUT2D eigenvalue weighted by molar-refractivity contribution is 9.10. The highest BCUT2D eigenvalue weighted by Gasteiger charge is 2.47. The van der Waals surface area contributed by atoms with E-state index in [2.05, 4.69) is 31.7 Å². The van der Waals surface area contributed by atoms with E-state index in [1.807, 2.05) is 6.07 Å². The Kier molecular flexibility index (Phi) is 5.00. The minimum Gasteiger partial charge on any atom is -0.362 e. The molecule has 1 amide bonds. The Morgan fingerprint density at radius 3 is 2.44 bits per heavy atom. The molecule has 2 heterocycles. The summed E-state index contributed by atoms with van der Waals surface area (Å²) in [6.07, 6.45) is -4.71. The van der Waals surface area contributed by atoms with Crippen LogP contribution in [0.15, 0.2) is 34.8 Å². The largest absolute Gasteiger partial charge is 0.410 e. The molecular weight excluding hydrogens is 425 g/mol. The van der Waals surface area contributed by atoms with Crippen molar-refractivity contribution in [3.05, 3.63) is 46.1 Å². The van der Waals surface area contributed by atoms with Crippen molar-refractivity contribution in [3.63, 3.8) is 0 Å². The lowest BCUT2D eigenvalue weighted by Crippen LogP contribution is -2.41. The van der Waals surface area contributed by atoms with E-state index in [-0.39, 0.29) is 22.4 Å². The molecule has 0 fully saturated rings. The van der Waals surface area contributed by atoms with Crippen molar-refractivity contribution in [1.29, 1.82) is 0 Å². The number of rotatable bonds is 2. The number of alkyl halides is 3. The van der Waals surface area contributed by atoms with E-state index >= 15 is 0 Å². The SMILES string of the molecule is CC(C)(C)NC(=O)c1nn2c(c1Br)N[C@@H](c1ccccc1)C[C@H]2C(F)(F)F. The Balaban J connectivity index is 2.03. The monoisotopic (exact) mass is 444 g/mol. The maximum absolute atomic E-state index is 13.7. The van der Waals surface area contributed by atoms with Gasteiger partial charge in [-0.05, 0) is 42.3 Å². The smallest absolute Gasteiger partial charge is 0.362 e. The van der Waals surface area contributed by atoms with E-state index in [1.54, 1.807) is 45.0 Å². The number of anilines is 1. The molecule has 0 bridgehead atoms. The summed E-state index contributed by atoms with van der Waals surface area (Å²) >= 11 is 3.27. The van der Waals surface area contributed by atoms with E-state index in [1.165, 1.54) is 0 Å². The Labute approximate surface area is 163 Å². The van der Waals surface area contributed by atoms with Crippen molar-refractivity contribution in [2.45, 2.75) is 51.0 Å². The van der Waals surface area contributed by atoms with E-state index in [0.717, 1.165) is 10.2 Å². The van der Waals surface area contributed by atoms with Crippen LogP contribution in [0.5, 0.6) is 0 Å². The molecule has 0 unspecified atom stereocenters. The number of carbonyl (C=O) groups excluding carboxylic acids is 1. The lowest BCUT2D eigenvalue weighted by molar-refractivity contribution is -0.173. The van der Waals surface area contributed by atoms with Gasteiger partial charge in [-0.3, -0.25) is 4.79 Å². The second kappa shape index (κ2) is 6.85. The van der Waals surface area contributed by atoms with Crippen LogP contribution in [0.1, 0.15) is 55.3 Å². The second-order valence-corrected chi connectivity index (χ2v) is 8.35. The van der Waals surface area contributed by atoms with E-state index in [0.29, 0.717) is 0 Å². The van der Waals surface area contributed by atoms with Crippen LogP contribution in [0.2, 0.25) is 0 Å². The first kappa shape index (κ1) is 19.7. The molecule has 1 aliphatic heterocycles. The Morgan fingerprint density at radius 1 is 1.26 bits per heavy atom. The molecule has 1 aromatic heterocycles. The van der Waals surface area contributed by atoms with Crippen molar-refractivity contribution < 1.29 is 18.0 Å². The van der Waals surface area contributed by atoms with Gasteiger partial charge in [0, 0.05) is 12.0 Å². The minimum atomic E-state index is -4.49. The van der Waals surface area contributed by atoms with Gasteiger partial charge < -0.3 is 10.6 Å². The number of halogens is 4. The summed E-state index contributed by atoms with van der Waals surface area (Å²) in [7, 11) is 0. The Hall–Kier alpha value is -2.03. The Morgan fingerprint density at radius 2 is 1.89 bits per heavy atom. The van der Waals surface area contributed by atoms with Crippen molar-refractivity contribution in [2.24, 2.45) is 0 Å². The third-order valence-electron chi connectivity index (χ3n) is 4.20. The van der Waals surface area contributed by atoms with Gasteiger partial charge in [0.2, 0.25) is 0 Å². The van der Waals surface area contributed by atoms with Gasteiger partial charge in [-0.25, -0.2) is 4.68 Å². The molecule has 2 N–H and O–H groups in total. The highest BCUT2D eigenvalue weighted by Crippen LogP contribution is 2.46. The fourth-order valence-electron chi connectivity index (χ4n) is 3.04. The van der Waals surface area contributed by atoms with Crippen LogP contribution in [0.4, 0.5) is 19.0 Å². The van der Waals surface area contributed by atoms with E-state index in [9.17, 15) is 18.0 Å². The Bertz CT molecular complexity index is 843. The van der Waals surface area contributed by atoms with Crippen molar-refractivity contribution >= 4 is 27.7 Å². The van der Waals surface area contributed by atoms with E-state index in [4.69, 9.17) is 0 Å². The number of benzene rings is 1. The number of fused-ring (bicyclic) bond motifs is 1. The molecule has 0 radical (unpaired) electrons. The third-order valence-corrected chi connectivity index (χ3v) is 4.95. The first-order valence-corrected chi connectivity index (χ1v) is 9.25. The van der Waals surface area contributed by atoms with Crippen LogP contribution in [0.25, 0.3) is 0 Å². The maximum atomic E-state index is 13.7. The number of hydrogen-bond donors (Lipinski definition) is 2. The van der Waals surface area contributed by atoms with E-state index < -0.39 is 29.7 Å². The quantitative estimate of drug-likeness (QED) is 0.696. The zero-order valence-corrected chi connectivity index (χ0v) is 16.6. The summed E-state index contributed by atoms with van der Waals surface area (Å²) in [6, 6.07) is 6.55. The van der Waals surface area contributed by atoms with Crippen molar-refractivity contribution in [3.8, 4) is 0 Å². The molecule has 146 valence electrons. The van der Waals surface area contributed by atoms with Crippen LogP contribution in [0, 0.1) is 0 Å². The topological polar surface area (TPSA) is 59.0 Å². The van der Waals surface area contributed by atoms with Crippen molar-refractivity contribution in [1.82, 2.24) is 15.1 Å². The van der Waals surface area contributed by atoms with Crippen LogP contribution >= 0.6 is 15.9 Å². The summed E-state index contributed by atoms with van der Waals surface area (Å²) in [4.78, 5) is 12.5. The molecule has 1 aromatic carbocycles. The standard InChI is InChI=1S/C18H20BrF3N4O/c1-17(2,3)24-16(27)14-13(19)15-23-11(10-7-5-4-6-8-10)9-12(18(20,21)22)26(15)25-14/h4-8,11-12,23H,9H2,1-3H3,(H,24,27)/t11-,12+/m1/s1. The molecule has 1 aliphatic rings. The predicted molar refractivity (Wildman–Crippen MR) is 99.7 cm³/mol. The molecule has 2 aromatic rings. The second-order valence-electron chi connectivity index (χ2n) is 7.56. The van der Waals surface area contributed by atoms with Gasteiger partial charge in [-0.2, -0.15) is 18.3 Å². The molecule has 0 spiro atoms. The number of carbonyl (C=O) groups is 1. The van der Waals surface area contributed by atoms with Crippen LogP contribution in [-0.2, 0) is 0 Å². The van der Waals surface area contributed by atoms with Gasteiger partial charge in [-0.1, -0.05) is 30.3 Å². The molecule has 0 saturated carbocycles. The average Bonchev–Trinajstić information content (AvgIpc) is 2.89. The molecule has 27 heavy (non-hydrogen) atoms. The predicted octanol–water partition coefficient (Wildman–Crippen LogP) is 4.83. The minimum absolute atomic E-state index is 0.0737. The van der Waals surface area contributed by atoms with Gasteiger partial charge in [0.05, 0.1) is 10.5 Å². The highest BCUT2D eigenvalue weighted by atomic mass is 79.9. The van der Waals surface area contributed by atoms with Gasteiger partial charge in [0.25, 0.3) is 5.91 Å². The first-order chi connectivity index (χ1) is 12.5. The average molecular weight is 445 g/mol. The van der Waals surface area contributed by atoms with Crippen LogP contribution in [-0.4, -0.2) is 27.4 Å². The van der Waals surface area contributed by atoms with Crippen LogP contribution < -0.4 is 10.6 Å². The fourth-order valence-corrected chi connectivity index (χ4v) is 3.59. The molecular formula is C18H20BrF3N4O. The third kappa shape index (κ3) is 4.12. The molecule has 0 aliphatic carbocycles. The summed E-state index contributed by atoms with van der Waals surface area (Å²) in [6.45, 7) is 5.37. The number of nitrogens with one attached hydrogen (secondary N) is 2. The molecule has 2 atom stereocenters. The number of aromatic nitrogens is 2. The van der Waals surface area contributed by atoms with Crippen LogP contribution in [0.3, 0.4) is 0 Å². The summed E-state index contributed by atoms with van der Waals surface area (Å²) in [5.74, 6) is -0.383. The first-order valence-electron chi connectivity index (χ1n) is 8.46. The molecule has 3 rings (SSSR count). The molecule has 5 nitrogen and oxygen atoms in total. The zero-order valence-electron chi connectivity index (χ0n) is 15.1. The number of nitrogens with zero attached hydrogens (tertiary/aromatic N) is 2. The maximum Gasteiger partial charge on any atom is 0.410 e. The molecule has 9 heteroatoms.